The van der Waals surface area contributed by atoms with Crippen molar-refractivity contribution in [1.29, 1.82) is 0 Å². The van der Waals surface area contributed by atoms with E-state index >= 15 is 0 Å². The lowest BCUT2D eigenvalue weighted by atomic mass is 9.95. The second-order valence-electron chi connectivity index (χ2n) is 14.9. The first-order valence-corrected chi connectivity index (χ1v) is 19.8. The van der Waals surface area contributed by atoms with Crippen LogP contribution < -0.4 is 4.90 Å². The lowest BCUT2D eigenvalue weighted by Crippen LogP contribution is -2.11. The van der Waals surface area contributed by atoms with Gasteiger partial charge in [0.05, 0.1) is 5.69 Å². The third kappa shape index (κ3) is 5.91. The Kier molecular flexibility index (Phi) is 8.19. The summed E-state index contributed by atoms with van der Waals surface area (Å²) in [5, 5.41) is 7.04. The molecule has 10 aromatic carbocycles. The van der Waals surface area contributed by atoms with Gasteiger partial charge in [0.2, 0.25) is 0 Å². The summed E-state index contributed by atoms with van der Waals surface area (Å²) in [6.07, 6.45) is 0. The van der Waals surface area contributed by atoms with Crippen molar-refractivity contribution in [2.75, 3.05) is 4.90 Å². The van der Waals surface area contributed by atoms with Crippen molar-refractivity contribution >= 4 is 60.5 Å². The van der Waals surface area contributed by atoms with Gasteiger partial charge in [0.1, 0.15) is 11.2 Å². The van der Waals surface area contributed by atoms with Crippen molar-refractivity contribution < 1.29 is 4.42 Å². The van der Waals surface area contributed by atoms with Crippen LogP contribution in [-0.4, -0.2) is 0 Å². The molecule has 0 spiro atoms. The first kappa shape index (κ1) is 33.6. The molecule has 0 bridgehead atoms. The average molecular weight is 740 g/mol. The summed E-state index contributed by atoms with van der Waals surface area (Å²) in [7, 11) is 0. The van der Waals surface area contributed by atoms with E-state index in [-0.39, 0.29) is 0 Å². The Hall–Kier alpha value is -7.68. The molecule has 0 aliphatic carbocycles. The molecule has 11 aromatic rings. The summed E-state index contributed by atoms with van der Waals surface area (Å²) in [5.41, 5.74) is 14.4. The molecule has 0 amide bonds. The number of furan rings is 1. The Morgan fingerprint density at radius 1 is 0.310 bits per heavy atom. The quantitative estimate of drug-likeness (QED) is 0.162. The molecular weight excluding hydrogens is 703 g/mol. The molecule has 2 heteroatoms. The van der Waals surface area contributed by atoms with E-state index in [2.05, 4.69) is 229 Å². The molecule has 0 aliphatic rings. The van der Waals surface area contributed by atoms with Crippen LogP contribution in [0.3, 0.4) is 0 Å². The summed E-state index contributed by atoms with van der Waals surface area (Å²) >= 11 is 0. The largest absolute Gasteiger partial charge is 0.455 e. The monoisotopic (exact) mass is 739 g/mol. The van der Waals surface area contributed by atoms with E-state index in [0.29, 0.717) is 0 Å². The minimum absolute atomic E-state index is 0.895. The predicted molar refractivity (Wildman–Crippen MR) is 245 cm³/mol. The van der Waals surface area contributed by atoms with E-state index < -0.39 is 0 Å². The van der Waals surface area contributed by atoms with Crippen molar-refractivity contribution in [3.05, 3.63) is 224 Å². The van der Waals surface area contributed by atoms with Crippen LogP contribution in [0.15, 0.2) is 229 Å². The Labute approximate surface area is 337 Å². The van der Waals surface area contributed by atoms with Gasteiger partial charge in [-0.15, -0.1) is 0 Å². The smallest absolute Gasteiger partial charge is 0.143 e. The first-order chi connectivity index (χ1) is 28.7. The van der Waals surface area contributed by atoms with Crippen LogP contribution in [0.5, 0.6) is 0 Å². The molecule has 0 N–H and O–H groups in total. The fourth-order valence-corrected chi connectivity index (χ4v) is 8.57. The second kappa shape index (κ2) is 14.1. The maximum atomic E-state index is 6.57. The zero-order valence-corrected chi connectivity index (χ0v) is 31.7. The van der Waals surface area contributed by atoms with Gasteiger partial charge in [-0.3, -0.25) is 0 Å². The topological polar surface area (TPSA) is 16.4 Å². The number of benzene rings is 10. The van der Waals surface area contributed by atoms with Gasteiger partial charge in [0.15, 0.2) is 0 Å². The van der Waals surface area contributed by atoms with Gasteiger partial charge in [-0.2, -0.15) is 0 Å². The highest BCUT2D eigenvalue weighted by molar-refractivity contribution is 6.19. The molecule has 58 heavy (non-hydrogen) atoms. The lowest BCUT2D eigenvalue weighted by molar-refractivity contribution is 0.673. The third-order valence-corrected chi connectivity index (χ3v) is 11.5. The van der Waals surface area contributed by atoms with E-state index in [1.54, 1.807) is 0 Å². The predicted octanol–water partition coefficient (Wildman–Crippen LogP) is 16.0. The molecule has 0 saturated heterocycles. The molecule has 272 valence electrons. The highest BCUT2D eigenvalue weighted by Crippen LogP contribution is 2.45. The van der Waals surface area contributed by atoms with Gasteiger partial charge < -0.3 is 9.32 Å². The van der Waals surface area contributed by atoms with Crippen molar-refractivity contribution in [3.8, 4) is 44.5 Å². The Bertz CT molecular complexity index is 3250. The van der Waals surface area contributed by atoms with E-state index in [4.69, 9.17) is 4.42 Å². The molecule has 11 rings (SSSR count). The van der Waals surface area contributed by atoms with E-state index in [9.17, 15) is 0 Å². The standard InChI is InChI=1S/C56H37NO/c1-3-12-38(13-4-1)40-24-30-47(31-25-40)57(53-37-46(29-34-49(53)41-15-5-2-6-16-41)45-23-22-39-14-7-8-18-44(39)36-45)48-32-26-43(27-33-48)50-20-11-21-54-55(50)52-35-28-42-17-9-10-19-51(42)56(52)58-54/h1-37H. The van der Waals surface area contributed by atoms with Gasteiger partial charge >= 0.3 is 0 Å². The van der Waals surface area contributed by atoms with E-state index in [1.165, 1.54) is 32.8 Å². The maximum Gasteiger partial charge on any atom is 0.143 e. The van der Waals surface area contributed by atoms with Crippen LogP contribution in [-0.2, 0) is 0 Å². The van der Waals surface area contributed by atoms with Crippen molar-refractivity contribution in [2.24, 2.45) is 0 Å². The van der Waals surface area contributed by atoms with Crippen LogP contribution in [0.1, 0.15) is 0 Å². The molecule has 0 unspecified atom stereocenters. The van der Waals surface area contributed by atoms with Crippen LogP contribution in [0, 0.1) is 0 Å². The number of hydrogen-bond acceptors (Lipinski definition) is 2. The fourth-order valence-electron chi connectivity index (χ4n) is 8.57. The van der Waals surface area contributed by atoms with Crippen LogP contribution in [0.25, 0.3) is 88.0 Å². The number of fused-ring (bicyclic) bond motifs is 6. The van der Waals surface area contributed by atoms with E-state index in [1.807, 2.05) is 0 Å². The Morgan fingerprint density at radius 3 is 1.62 bits per heavy atom. The number of hydrogen-bond donors (Lipinski definition) is 0. The molecule has 0 fully saturated rings. The summed E-state index contributed by atoms with van der Waals surface area (Å²) in [4.78, 5) is 2.41. The number of rotatable bonds is 7. The molecule has 0 aliphatic heterocycles. The van der Waals surface area contributed by atoms with Crippen LogP contribution in [0.2, 0.25) is 0 Å². The molecule has 2 nitrogen and oxygen atoms in total. The zero-order valence-electron chi connectivity index (χ0n) is 31.7. The molecular formula is C56H37NO. The second-order valence-corrected chi connectivity index (χ2v) is 14.9. The maximum absolute atomic E-state index is 6.57. The number of anilines is 3. The first-order valence-electron chi connectivity index (χ1n) is 19.8. The number of nitrogens with zero attached hydrogens (tertiary/aromatic N) is 1. The molecule has 0 atom stereocenters. The van der Waals surface area contributed by atoms with Gasteiger partial charge in [-0.1, -0.05) is 176 Å². The summed E-state index contributed by atoms with van der Waals surface area (Å²) in [6, 6.07) is 80.7. The van der Waals surface area contributed by atoms with Crippen molar-refractivity contribution in [3.63, 3.8) is 0 Å². The zero-order chi connectivity index (χ0) is 38.4. The molecule has 1 heterocycles. The average Bonchev–Trinajstić information content (AvgIpc) is 3.70. The lowest BCUT2D eigenvalue weighted by Gasteiger charge is -2.29. The van der Waals surface area contributed by atoms with Gasteiger partial charge in [-0.25, -0.2) is 0 Å². The van der Waals surface area contributed by atoms with Crippen molar-refractivity contribution in [1.82, 2.24) is 0 Å². The van der Waals surface area contributed by atoms with E-state index in [0.717, 1.165) is 72.2 Å². The molecule has 0 radical (unpaired) electrons. The summed E-state index contributed by atoms with van der Waals surface area (Å²) < 4.78 is 6.57. The Balaban J connectivity index is 1.09. The van der Waals surface area contributed by atoms with Gasteiger partial charge in [-0.05, 0) is 104 Å². The minimum atomic E-state index is 0.895. The summed E-state index contributed by atoms with van der Waals surface area (Å²) in [5.74, 6) is 0. The van der Waals surface area contributed by atoms with Crippen LogP contribution in [0.4, 0.5) is 17.1 Å². The highest BCUT2D eigenvalue weighted by Gasteiger charge is 2.20. The Morgan fingerprint density at radius 2 is 0.862 bits per heavy atom. The molecule has 0 saturated carbocycles. The van der Waals surface area contributed by atoms with Crippen LogP contribution >= 0.6 is 0 Å². The normalized spacial score (nSPS) is 11.4. The van der Waals surface area contributed by atoms with Gasteiger partial charge in [0, 0.05) is 33.1 Å². The fraction of sp³-hybridized carbons (Fsp3) is 0. The minimum Gasteiger partial charge on any atom is -0.455 e. The molecule has 1 aromatic heterocycles. The highest BCUT2D eigenvalue weighted by atomic mass is 16.3. The van der Waals surface area contributed by atoms with Crippen molar-refractivity contribution in [2.45, 2.75) is 0 Å². The SMILES string of the molecule is c1ccc(-c2ccc(N(c3ccc(-c4cccc5oc6c7ccccc7ccc6c45)cc3)c3cc(-c4ccc5ccccc5c4)ccc3-c3ccccc3)cc2)cc1. The summed E-state index contributed by atoms with van der Waals surface area (Å²) in [6.45, 7) is 0. The van der Waals surface area contributed by atoms with Gasteiger partial charge in [0.25, 0.3) is 0 Å². The third-order valence-electron chi connectivity index (χ3n) is 11.5.